The molecule has 2 unspecified atom stereocenters. The van der Waals surface area contributed by atoms with Crippen molar-refractivity contribution in [1.82, 2.24) is 4.90 Å². The molecule has 0 aliphatic carbocycles. The summed E-state index contributed by atoms with van der Waals surface area (Å²) < 4.78 is 13.2. The number of esters is 1. The first-order valence-electron chi connectivity index (χ1n) is 8.21. The number of hydrogen-bond acceptors (Lipinski definition) is 4. The predicted molar refractivity (Wildman–Crippen MR) is 80.0 cm³/mol. The molecule has 0 amide bonds. The highest BCUT2D eigenvalue weighted by molar-refractivity contribution is 5.78. The standard InChI is InChI=1S/C17H23NO3/c1-18-13-7-8-14(18)10-15(9-13)21-17(20)16(11-19)12-5-3-2-4-6-12/h2-6,13-16,19H,7-11H2,1H3/t13-,14+,15?,16-/m1/s1/i11+1D/t11?,13-,14+,15?,16-. The van der Waals surface area contributed by atoms with Gasteiger partial charge in [0.15, 0.2) is 0 Å². The molecular weight excluding hydrogens is 267 g/mol. The first-order chi connectivity index (χ1) is 10.6. The van der Waals surface area contributed by atoms with Crippen LogP contribution in [0.25, 0.3) is 0 Å². The molecule has 21 heavy (non-hydrogen) atoms. The average Bonchev–Trinajstić information content (AvgIpc) is 2.71. The molecule has 114 valence electrons. The van der Waals surface area contributed by atoms with Gasteiger partial charge in [-0.25, -0.2) is 0 Å². The summed E-state index contributed by atoms with van der Waals surface area (Å²) >= 11 is 0. The van der Waals surface area contributed by atoms with E-state index >= 15 is 0 Å². The molecule has 2 heterocycles. The largest absolute Gasteiger partial charge is 0.462 e. The van der Waals surface area contributed by atoms with Crippen LogP contribution in [-0.4, -0.2) is 47.8 Å². The second kappa shape index (κ2) is 6.16. The molecule has 2 saturated heterocycles. The minimum Gasteiger partial charge on any atom is -0.462 e. The second-order valence-electron chi connectivity index (χ2n) is 6.12. The highest BCUT2D eigenvalue weighted by Crippen LogP contribution is 2.36. The van der Waals surface area contributed by atoms with Crippen molar-refractivity contribution in [2.75, 3.05) is 13.6 Å². The van der Waals surface area contributed by atoms with Crippen LogP contribution in [0.4, 0.5) is 0 Å². The van der Waals surface area contributed by atoms with Crippen molar-refractivity contribution in [3.8, 4) is 0 Å². The van der Waals surface area contributed by atoms with Crippen molar-refractivity contribution in [3.05, 3.63) is 35.9 Å². The molecule has 2 aliphatic heterocycles. The Morgan fingerprint density at radius 1 is 1.38 bits per heavy atom. The second-order valence-corrected chi connectivity index (χ2v) is 6.12. The maximum Gasteiger partial charge on any atom is 0.316 e. The van der Waals surface area contributed by atoms with E-state index in [4.69, 9.17) is 6.11 Å². The Hall–Kier alpha value is -1.39. The van der Waals surface area contributed by atoms with Crippen LogP contribution in [0.5, 0.6) is 0 Å². The van der Waals surface area contributed by atoms with Gasteiger partial charge in [-0.05, 0) is 38.3 Å². The van der Waals surface area contributed by atoms with E-state index in [1.165, 1.54) is 12.8 Å². The van der Waals surface area contributed by atoms with E-state index < -0.39 is 18.5 Å². The molecule has 0 saturated carbocycles. The molecule has 1 aromatic rings. The maximum atomic E-state index is 12.5. The Bertz CT molecular complexity index is 508. The van der Waals surface area contributed by atoms with Crippen molar-refractivity contribution in [2.45, 2.75) is 49.8 Å². The number of aliphatic hydroxyl groups is 1. The number of ether oxygens (including phenoxy) is 1. The van der Waals surface area contributed by atoms with Crippen molar-refractivity contribution < 1.29 is 16.0 Å². The fourth-order valence-corrected chi connectivity index (χ4v) is 3.64. The van der Waals surface area contributed by atoms with Crippen LogP contribution in [0.3, 0.4) is 0 Å². The van der Waals surface area contributed by atoms with Gasteiger partial charge in [-0.2, -0.15) is 0 Å². The molecule has 2 aliphatic rings. The monoisotopic (exact) mass is 291 g/mol. The number of carbonyl (C=O) groups excluding carboxylic acids is 1. The Morgan fingerprint density at radius 2 is 2.00 bits per heavy atom. The van der Waals surface area contributed by atoms with Gasteiger partial charge in [-0.15, -0.1) is 0 Å². The normalized spacial score (nSPS) is 32.3. The number of nitrogens with zero attached hydrogens (tertiary/aromatic N) is 1. The van der Waals surface area contributed by atoms with Crippen LogP contribution in [0.15, 0.2) is 30.3 Å². The molecule has 3 rings (SSSR count). The molecule has 2 bridgehead atoms. The third-order valence-corrected chi connectivity index (χ3v) is 4.90. The first kappa shape index (κ1) is 13.3. The number of fused-ring (bicyclic) bond motifs is 2. The summed E-state index contributed by atoms with van der Waals surface area (Å²) in [6, 6.07) is 9.93. The van der Waals surface area contributed by atoms with Crippen molar-refractivity contribution in [1.29, 1.82) is 0 Å². The molecule has 0 aromatic heterocycles. The number of carbonyl (C=O) groups is 1. The summed E-state index contributed by atoms with van der Waals surface area (Å²) in [5, 5.41) is 9.68. The molecule has 0 radical (unpaired) electrons. The van der Waals surface area contributed by atoms with Gasteiger partial charge in [-0.1, -0.05) is 30.3 Å². The van der Waals surface area contributed by atoms with E-state index in [0.717, 1.165) is 12.8 Å². The highest BCUT2D eigenvalue weighted by atomic mass is 16.5. The molecule has 0 spiro atoms. The smallest absolute Gasteiger partial charge is 0.316 e. The van der Waals surface area contributed by atoms with Gasteiger partial charge in [0.25, 0.3) is 0 Å². The molecule has 2 fully saturated rings. The third-order valence-electron chi connectivity index (χ3n) is 4.90. The minimum absolute atomic E-state index is 0.0915. The van der Waals surface area contributed by atoms with Crippen LogP contribution in [0, 0.1) is 0 Å². The molecule has 5 atom stereocenters. The van der Waals surface area contributed by atoms with E-state index in [-0.39, 0.29) is 6.10 Å². The summed E-state index contributed by atoms with van der Waals surface area (Å²) in [7, 11) is 2.14. The number of aliphatic hydroxyl groups excluding tert-OH is 1. The Labute approximate surface area is 127 Å². The molecular formula is C17H23NO3. The minimum atomic E-state index is -1.50. The number of benzene rings is 1. The number of hydrogen-bond donors (Lipinski definition) is 1. The quantitative estimate of drug-likeness (QED) is 0.680. The third kappa shape index (κ3) is 2.97. The maximum absolute atomic E-state index is 12.5. The van der Waals surface area contributed by atoms with Crippen molar-refractivity contribution in [3.63, 3.8) is 0 Å². The summed E-state index contributed by atoms with van der Waals surface area (Å²) in [4.78, 5) is 14.8. The van der Waals surface area contributed by atoms with Gasteiger partial charge in [0, 0.05) is 12.1 Å². The topological polar surface area (TPSA) is 49.8 Å². The van der Waals surface area contributed by atoms with Gasteiger partial charge < -0.3 is 14.7 Å². The van der Waals surface area contributed by atoms with Gasteiger partial charge in [-0.3, -0.25) is 4.79 Å². The fraction of sp³-hybridized carbons (Fsp3) is 0.588. The lowest BCUT2D eigenvalue weighted by Crippen LogP contribution is -2.43. The van der Waals surface area contributed by atoms with Crippen LogP contribution in [-0.2, 0) is 9.53 Å². The zero-order valence-corrected chi connectivity index (χ0v) is 12.3. The predicted octanol–water partition coefficient (Wildman–Crippen LogP) is 1.93. The van der Waals surface area contributed by atoms with Crippen LogP contribution >= 0.6 is 0 Å². The Balaban J connectivity index is 1.68. The zero-order valence-electron chi connectivity index (χ0n) is 13.3. The summed E-state index contributed by atoms with van der Waals surface area (Å²) in [5.41, 5.74) is 0.630. The van der Waals surface area contributed by atoms with Gasteiger partial charge >= 0.3 is 5.97 Å². The van der Waals surface area contributed by atoms with E-state index in [1.54, 1.807) is 24.3 Å². The van der Waals surface area contributed by atoms with Crippen molar-refractivity contribution >= 4 is 5.97 Å². The highest BCUT2D eigenvalue weighted by Gasteiger charge is 2.40. The van der Waals surface area contributed by atoms with Gasteiger partial charge in [0.1, 0.15) is 12.0 Å². The van der Waals surface area contributed by atoms with Crippen LogP contribution < -0.4 is 0 Å². The van der Waals surface area contributed by atoms with E-state index in [1.807, 2.05) is 6.07 Å². The van der Waals surface area contributed by atoms with Crippen LogP contribution in [0.2, 0.25) is 0 Å². The van der Waals surface area contributed by atoms with E-state index in [2.05, 4.69) is 11.9 Å². The zero-order chi connectivity index (χ0) is 15.7. The molecule has 1 aromatic carbocycles. The van der Waals surface area contributed by atoms with Crippen molar-refractivity contribution in [2.24, 2.45) is 0 Å². The summed E-state index contributed by atoms with van der Waals surface area (Å²) in [5.74, 6) is -1.42. The average molecular weight is 291 g/mol. The van der Waals surface area contributed by atoms with Gasteiger partial charge in [0.2, 0.25) is 0 Å². The molecule has 1 N–H and O–H groups in total. The number of piperidine rings is 1. The summed E-state index contributed by atoms with van der Waals surface area (Å²) in [6.45, 7) is -1.50. The SMILES string of the molecule is [2H][13CH](O)[C@@H](C(=O)OC1C[C@H]2CC[C@@H](C1)N2C)c1ccccc1. The lowest BCUT2D eigenvalue weighted by atomic mass is 10.00. The Morgan fingerprint density at radius 3 is 2.57 bits per heavy atom. The lowest BCUT2D eigenvalue weighted by molar-refractivity contribution is -0.155. The van der Waals surface area contributed by atoms with E-state index in [0.29, 0.717) is 17.6 Å². The summed E-state index contributed by atoms with van der Waals surface area (Å²) in [6.07, 6.45) is 3.95. The first-order valence-corrected chi connectivity index (χ1v) is 7.64. The van der Waals surface area contributed by atoms with E-state index in [9.17, 15) is 9.90 Å². The Kier molecular flexibility index (Phi) is 3.90. The molecule has 4 nitrogen and oxygen atoms in total. The van der Waals surface area contributed by atoms with Gasteiger partial charge in [0.05, 0.1) is 7.95 Å². The number of rotatable bonds is 4. The van der Waals surface area contributed by atoms with Crippen LogP contribution in [0.1, 0.15) is 38.5 Å². The lowest BCUT2D eigenvalue weighted by Gasteiger charge is -2.36. The molecule has 4 heteroatoms. The fourth-order valence-electron chi connectivity index (χ4n) is 3.64.